The number of nitro groups is 1. The van der Waals surface area contributed by atoms with Gasteiger partial charge in [-0.15, -0.1) is 0 Å². The Balaban J connectivity index is 1.89. The van der Waals surface area contributed by atoms with Crippen molar-refractivity contribution in [2.75, 3.05) is 0 Å². The summed E-state index contributed by atoms with van der Waals surface area (Å²) in [6.07, 6.45) is 0. The van der Waals surface area contributed by atoms with Crippen LogP contribution in [0.25, 0.3) is 0 Å². The molecule has 0 saturated heterocycles. The Hall–Kier alpha value is -3.59. The van der Waals surface area contributed by atoms with Gasteiger partial charge in [0.05, 0.1) is 20.3 Å². The third kappa shape index (κ3) is 4.46. The second-order valence-corrected chi connectivity index (χ2v) is 7.87. The van der Waals surface area contributed by atoms with Crippen molar-refractivity contribution in [3.63, 3.8) is 0 Å². The first-order valence-corrected chi connectivity index (χ1v) is 9.77. The molecule has 3 aromatic rings. The van der Waals surface area contributed by atoms with Crippen LogP contribution in [0.3, 0.4) is 0 Å². The van der Waals surface area contributed by atoms with Gasteiger partial charge in [-0.2, -0.15) is 0 Å². The number of ether oxygens (including phenoxy) is 1. The number of nitrogens with zero attached hydrogens (tertiary/aromatic N) is 1. The smallest absolute Gasteiger partial charge is 0.339 e. The van der Waals surface area contributed by atoms with Crippen LogP contribution in [-0.2, 0) is 21.2 Å². The molecule has 0 fully saturated rings. The lowest BCUT2D eigenvalue weighted by atomic mass is 10.2. The van der Waals surface area contributed by atoms with Crippen LogP contribution in [-0.4, -0.2) is 19.3 Å². The van der Waals surface area contributed by atoms with Crippen molar-refractivity contribution in [3.8, 4) is 0 Å². The van der Waals surface area contributed by atoms with Crippen LogP contribution in [0.15, 0.2) is 82.6 Å². The zero-order chi connectivity index (χ0) is 21.0. The van der Waals surface area contributed by atoms with Crippen LogP contribution in [0, 0.1) is 15.9 Å². The van der Waals surface area contributed by atoms with Gasteiger partial charge in [-0.1, -0.05) is 24.3 Å². The highest BCUT2D eigenvalue weighted by Gasteiger charge is 2.25. The Morgan fingerprint density at radius 2 is 1.69 bits per heavy atom. The summed E-state index contributed by atoms with van der Waals surface area (Å²) in [5.41, 5.74) is -0.0388. The summed E-state index contributed by atoms with van der Waals surface area (Å²) in [6, 6.07) is 15.3. The highest BCUT2D eigenvalue weighted by atomic mass is 32.2. The van der Waals surface area contributed by atoms with Crippen LogP contribution in [0.2, 0.25) is 0 Å². The molecule has 0 radical (unpaired) electrons. The van der Waals surface area contributed by atoms with E-state index >= 15 is 0 Å². The monoisotopic (exact) mass is 415 g/mol. The van der Waals surface area contributed by atoms with Crippen molar-refractivity contribution in [1.82, 2.24) is 0 Å². The fourth-order valence-electron chi connectivity index (χ4n) is 2.60. The summed E-state index contributed by atoms with van der Waals surface area (Å²) in [6.45, 7) is -0.234. The summed E-state index contributed by atoms with van der Waals surface area (Å²) in [5, 5.41) is 10.8. The van der Waals surface area contributed by atoms with E-state index in [1.807, 2.05) is 0 Å². The van der Waals surface area contributed by atoms with Crippen LogP contribution in [0.1, 0.15) is 15.9 Å². The van der Waals surface area contributed by atoms with E-state index in [9.17, 15) is 27.7 Å². The molecule has 0 amide bonds. The number of sulfone groups is 1. The van der Waals surface area contributed by atoms with Crippen molar-refractivity contribution >= 4 is 21.5 Å². The van der Waals surface area contributed by atoms with Gasteiger partial charge in [-0.25, -0.2) is 17.6 Å². The van der Waals surface area contributed by atoms with E-state index in [0.29, 0.717) is 5.56 Å². The Kier molecular flexibility index (Phi) is 5.69. The first-order valence-electron chi connectivity index (χ1n) is 8.29. The lowest BCUT2D eigenvalue weighted by Crippen LogP contribution is -2.12. The summed E-state index contributed by atoms with van der Waals surface area (Å²) in [5.74, 6) is -1.38. The Morgan fingerprint density at radius 1 is 1.00 bits per heavy atom. The molecule has 0 unspecified atom stereocenters. The molecule has 7 nitrogen and oxygen atoms in total. The highest BCUT2D eigenvalue weighted by Crippen LogP contribution is 2.26. The van der Waals surface area contributed by atoms with E-state index in [1.165, 1.54) is 42.5 Å². The molecule has 0 aliphatic carbocycles. The third-order valence-electron chi connectivity index (χ3n) is 4.01. The number of rotatable bonds is 6. The predicted molar refractivity (Wildman–Crippen MR) is 101 cm³/mol. The SMILES string of the molecule is O=C(OCc1cccc(F)c1)c1ccccc1S(=O)(=O)c1ccc([N+](=O)[O-])cc1. The molecule has 0 aliphatic heterocycles. The minimum absolute atomic E-state index is 0.192. The van der Waals surface area contributed by atoms with Gasteiger partial charge in [0, 0.05) is 12.1 Å². The van der Waals surface area contributed by atoms with Crippen molar-refractivity contribution in [2.45, 2.75) is 16.4 Å². The molecule has 0 heterocycles. The molecule has 3 rings (SSSR count). The number of carbonyl (C=O) groups excluding carboxylic acids is 1. The van der Waals surface area contributed by atoms with Gasteiger partial charge in [0.2, 0.25) is 9.84 Å². The quantitative estimate of drug-likeness (QED) is 0.343. The fraction of sp³-hybridized carbons (Fsp3) is 0.0500. The summed E-state index contributed by atoms with van der Waals surface area (Å²) in [7, 11) is -4.13. The van der Waals surface area contributed by atoms with Gasteiger partial charge < -0.3 is 4.74 Å². The van der Waals surface area contributed by atoms with E-state index < -0.39 is 26.5 Å². The zero-order valence-electron chi connectivity index (χ0n) is 14.8. The number of non-ortho nitro benzene ring substituents is 1. The lowest BCUT2D eigenvalue weighted by molar-refractivity contribution is -0.384. The highest BCUT2D eigenvalue weighted by molar-refractivity contribution is 7.91. The van der Waals surface area contributed by atoms with Crippen LogP contribution < -0.4 is 0 Å². The van der Waals surface area contributed by atoms with E-state index in [0.717, 1.165) is 24.3 Å². The van der Waals surface area contributed by atoms with Gasteiger partial charge in [0.15, 0.2) is 0 Å². The van der Waals surface area contributed by atoms with Crippen molar-refractivity contribution in [2.24, 2.45) is 0 Å². The Bertz CT molecular complexity index is 1180. The van der Waals surface area contributed by atoms with Crippen molar-refractivity contribution in [3.05, 3.63) is 99.9 Å². The zero-order valence-corrected chi connectivity index (χ0v) is 15.6. The average molecular weight is 415 g/mol. The number of carbonyl (C=O) groups is 1. The van der Waals surface area contributed by atoms with E-state index in [2.05, 4.69) is 0 Å². The molecule has 0 atom stereocenters. The number of esters is 1. The number of benzene rings is 3. The van der Waals surface area contributed by atoms with E-state index in [4.69, 9.17) is 4.74 Å². The Morgan fingerprint density at radius 3 is 2.34 bits per heavy atom. The predicted octanol–water partition coefficient (Wildman–Crippen LogP) is 3.92. The van der Waals surface area contributed by atoms with Gasteiger partial charge in [-0.3, -0.25) is 10.1 Å². The number of nitro benzene ring substituents is 1. The lowest BCUT2D eigenvalue weighted by Gasteiger charge is -2.11. The van der Waals surface area contributed by atoms with Gasteiger partial charge in [0.1, 0.15) is 12.4 Å². The maximum absolute atomic E-state index is 13.2. The summed E-state index contributed by atoms with van der Waals surface area (Å²) >= 11 is 0. The molecule has 3 aromatic carbocycles. The maximum Gasteiger partial charge on any atom is 0.339 e. The molecule has 148 valence electrons. The van der Waals surface area contributed by atoms with Gasteiger partial charge >= 0.3 is 5.97 Å². The van der Waals surface area contributed by atoms with Crippen molar-refractivity contribution < 1.29 is 27.3 Å². The normalized spacial score (nSPS) is 11.1. The number of halogens is 1. The molecule has 0 bridgehead atoms. The first kappa shape index (κ1) is 20.2. The molecular weight excluding hydrogens is 401 g/mol. The fourth-order valence-corrected chi connectivity index (χ4v) is 4.04. The topological polar surface area (TPSA) is 104 Å². The second kappa shape index (κ2) is 8.19. The molecule has 0 saturated carbocycles. The van der Waals surface area contributed by atoms with Gasteiger partial charge in [0.25, 0.3) is 5.69 Å². The summed E-state index contributed by atoms with van der Waals surface area (Å²) in [4.78, 5) is 22.1. The van der Waals surface area contributed by atoms with Gasteiger partial charge in [-0.05, 0) is 42.0 Å². The first-order chi connectivity index (χ1) is 13.8. The van der Waals surface area contributed by atoms with Crippen molar-refractivity contribution in [1.29, 1.82) is 0 Å². The average Bonchev–Trinajstić information content (AvgIpc) is 2.72. The number of hydrogen-bond donors (Lipinski definition) is 0. The summed E-state index contributed by atoms with van der Waals surface area (Å²) < 4.78 is 44.2. The molecule has 29 heavy (non-hydrogen) atoms. The minimum atomic E-state index is -4.13. The van der Waals surface area contributed by atoms with E-state index in [-0.39, 0.29) is 27.6 Å². The van der Waals surface area contributed by atoms with Crippen LogP contribution in [0.4, 0.5) is 10.1 Å². The molecule has 9 heteroatoms. The van der Waals surface area contributed by atoms with Crippen LogP contribution >= 0.6 is 0 Å². The Labute approximate surface area is 165 Å². The second-order valence-electron chi connectivity index (χ2n) is 5.96. The maximum atomic E-state index is 13.2. The molecule has 0 aromatic heterocycles. The third-order valence-corrected chi connectivity index (χ3v) is 5.84. The molecular formula is C20H14FNO6S. The standard InChI is InChI=1S/C20H14FNO6S/c21-15-5-3-4-14(12-15)13-28-20(23)18-6-1-2-7-19(18)29(26,27)17-10-8-16(9-11-17)22(24)25/h1-12H,13H2. The molecule has 0 aliphatic rings. The molecule has 0 N–H and O–H groups in total. The number of hydrogen-bond acceptors (Lipinski definition) is 6. The van der Waals surface area contributed by atoms with Crippen LogP contribution in [0.5, 0.6) is 0 Å². The molecule has 0 spiro atoms. The largest absolute Gasteiger partial charge is 0.457 e. The van der Waals surface area contributed by atoms with E-state index in [1.54, 1.807) is 6.07 Å². The minimum Gasteiger partial charge on any atom is -0.457 e.